The van der Waals surface area contributed by atoms with Gasteiger partial charge in [-0.3, -0.25) is 14.9 Å². The van der Waals surface area contributed by atoms with Crippen LogP contribution in [0.4, 0.5) is 21.5 Å². The number of nitro groups is 1. The van der Waals surface area contributed by atoms with E-state index in [4.69, 9.17) is 11.6 Å². The van der Waals surface area contributed by atoms with E-state index in [0.717, 1.165) is 0 Å². The Kier molecular flexibility index (Phi) is 5.37. The van der Waals surface area contributed by atoms with E-state index < -0.39 is 4.92 Å². The molecule has 0 bridgehead atoms. The van der Waals surface area contributed by atoms with Gasteiger partial charge in [0.15, 0.2) is 0 Å². The summed E-state index contributed by atoms with van der Waals surface area (Å²) in [6.07, 6.45) is 1.12. The lowest BCUT2D eigenvalue weighted by Gasteiger charge is -2.33. The third-order valence-corrected chi connectivity index (χ3v) is 4.81. The molecule has 1 aliphatic rings. The zero-order chi connectivity index (χ0) is 18.7. The maximum Gasteiger partial charge on any atom is 0.271 e. The second-order valence-electron chi connectivity index (χ2n) is 6.12. The molecular weight excluding hydrogens is 361 g/mol. The van der Waals surface area contributed by atoms with Crippen LogP contribution in [0, 0.1) is 21.8 Å². The number of hydrogen-bond acceptors (Lipinski definition) is 4. The van der Waals surface area contributed by atoms with Crippen molar-refractivity contribution < 1.29 is 14.1 Å². The van der Waals surface area contributed by atoms with Gasteiger partial charge in [0.2, 0.25) is 5.91 Å². The Balaban J connectivity index is 1.63. The summed E-state index contributed by atoms with van der Waals surface area (Å²) in [6, 6.07) is 10.5. The van der Waals surface area contributed by atoms with Crippen LogP contribution in [0.1, 0.15) is 12.8 Å². The van der Waals surface area contributed by atoms with Crippen molar-refractivity contribution in [1.29, 1.82) is 0 Å². The second-order valence-corrected chi connectivity index (χ2v) is 6.53. The molecule has 136 valence electrons. The van der Waals surface area contributed by atoms with Crippen molar-refractivity contribution in [2.45, 2.75) is 12.8 Å². The number of para-hydroxylation sites is 1. The summed E-state index contributed by atoms with van der Waals surface area (Å²) in [6.45, 7) is 1.11. The topological polar surface area (TPSA) is 75.5 Å². The Hall–Kier alpha value is -2.67. The molecule has 2 aromatic rings. The normalized spacial score (nSPS) is 14.9. The zero-order valence-corrected chi connectivity index (χ0v) is 14.6. The fraction of sp³-hybridized carbons (Fsp3) is 0.278. The monoisotopic (exact) mass is 377 g/mol. The average Bonchev–Trinajstić information content (AvgIpc) is 2.64. The SMILES string of the molecule is O=C(Nc1cc([N+](=O)[O-])ccc1Cl)C1CCN(c2ccccc2F)CC1. The van der Waals surface area contributed by atoms with Crippen LogP contribution in [0.25, 0.3) is 0 Å². The molecule has 1 saturated heterocycles. The molecule has 8 heteroatoms. The highest BCUT2D eigenvalue weighted by molar-refractivity contribution is 6.33. The molecule has 2 aromatic carbocycles. The number of amides is 1. The minimum Gasteiger partial charge on any atom is -0.369 e. The molecule has 0 saturated carbocycles. The van der Waals surface area contributed by atoms with Gasteiger partial charge in [-0.05, 0) is 31.0 Å². The molecular formula is C18H17ClFN3O3. The predicted molar refractivity (Wildman–Crippen MR) is 98.1 cm³/mol. The predicted octanol–water partition coefficient (Wildman–Crippen LogP) is 4.24. The highest BCUT2D eigenvalue weighted by Crippen LogP contribution is 2.29. The van der Waals surface area contributed by atoms with Crippen molar-refractivity contribution in [2.75, 3.05) is 23.3 Å². The maximum atomic E-state index is 13.9. The van der Waals surface area contributed by atoms with Crippen LogP contribution < -0.4 is 10.2 Å². The molecule has 1 amide bonds. The first kappa shape index (κ1) is 18.1. The number of nitrogens with zero attached hydrogens (tertiary/aromatic N) is 2. The number of carbonyl (C=O) groups excluding carboxylic acids is 1. The van der Waals surface area contributed by atoms with Gasteiger partial charge in [-0.1, -0.05) is 23.7 Å². The molecule has 26 heavy (non-hydrogen) atoms. The van der Waals surface area contributed by atoms with Crippen LogP contribution in [0.5, 0.6) is 0 Å². The number of hydrogen-bond donors (Lipinski definition) is 1. The number of anilines is 2. The first-order chi connectivity index (χ1) is 12.5. The van der Waals surface area contributed by atoms with Crippen LogP contribution in [-0.2, 0) is 4.79 Å². The molecule has 0 aromatic heterocycles. The molecule has 0 aliphatic carbocycles. The minimum atomic E-state index is -0.543. The number of piperidine rings is 1. The first-order valence-corrected chi connectivity index (χ1v) is 8.58. The van der Waals surface area contributed by atoms with Crippen molar-refractivity contribution in [3.63, 3.8) is 0 Å². The van der Waals surface area contributed by atoms with Gasteiger partial charge < -0.3 is 10.2 Å². The minimum absolute atomic E-state index is 0.140. The van der Waals surface area contributed by atoms with E-state index in [1.807, 2.05) is 4.90 Å². The zero-order valence-electron chi connectivity index (χ0n) is 13.8. The fourth-order valence-corrected chi connectivity index (χ4v) is 3.21. The molecule has 6 nitrogen and oxygen atoms in total. The van der Waals surface area contributed by atoms with E-state index in [-0.39, 0.29) is 34.0 Å². The Morgan fingerprint density at radius 2 is 1.92 bits per heavy atom. The van der Waals surface area contributed by atoms with Gasteiger partial charge in [-0.25, -0.2) is 4.39 Å². The smallest absolute Gasteiger partial charge is 0.271 e. The van der Waals surface area contributed by atoms with Gasteiger partial charge in [-0.15, -0.1) is 0 Å². The van der Waals surface area contributed by atoms with E-state index >= 15 is 0 Å². The number of rotatable bonds is 4. The first-order valence-electron chi connectivity index (χ1n) is 8.20. The lowest BCUT2D eigenvalue weighted by Crippen LogP contribution is -2.38. The van der Waals surface area contributed by atoms with E-state index in [2.05, 4.69) is 5.32 Å². The highest BCUT2D eigenvalue weighted by Gasteiger charge is 2.27. The van der Waals surface area contributed by atoms with Gasteiger partial charge in [0.05, 0.1) is 21.3 Å². The third-order valence-electron chi connectivity index (χ3n) is 4.48. The van der Waals surface area contributed by atoms with E-state index in [1.165, 1.54) is 24.3 Å². The highest BCUT2D eigenvalue weighted by atomic mass is 35.5. The standard InChI is InChI=1S/C18H17ClFN3O3/c19-14-6-5-13(23(25)26)11-16(14)21-18(24)12-7-9-22(10-8-12)17-4-2-1-3-15(17)20/h1-6,11-12H,7-10H2,(H,21,24). The summed E-state index contributed by atoms with van der Waals surface area (Å²) in [5, 5.41) is 13.8. The van der Waals surface area contributed by atoms with Crippen molar-refractivity contribution in [1.82, 2.24) is 0 Å². The number of nitrogens with one attached hydrogen (secondary N) is 1. The summed E-state index contributed by atoms with van der Waals surface area (Å²) in [5.41, 5.74) is 0.620. The summed E-state index contributed by atoms with van der Waals surface area (Å²) >= 11 is 6.02. The van der Waals surface area contributed by atoms with Crippen LogP contribution >= 0.6 is 11.6 Å². The summed E-state index contributed by atoms with van der Waals surface area (Å²) in [7, 11) is 0. The largest absolute Gasteiger partial charge is 0.369 e. The lowest BCUT2D eigenvalue weighted by molar-refractivity contribution is -0.384. The molecule has 1 heterocycles. The third kappa shape index (κ3) is 3.94. The average molecular weight is 378 g/mol. The number of nitro benzene ring substituents is 1. The summed E-state index contributed by atoms with van der Waals surface area (Å²) < 4.78 is 13.9. The van der Waals surface area contributed by atoms with Crippen LogP contribution in [0.2, 0.25) is 5.02 Å². The van der Waals surface area contributed by atoms with Crippen molar-refractivity contribution >= 4 is 34.6 Å². The molecule has 1 N–H and O–H groups in total. The fourth-order valence-electron chi connectivity index (χ4n) is 3.05. The van der Waals surface area contributed by atoms with E-state index in [1.54, 1.807) is 18.2 Å². The van der Waals surface area contributed by atoms with E-state index in [9.17, 15) is 19.3 Å². The molecule has 0 unspecified atom stereocenters. The van der Waals surface area contributed by atoms with Gasteiger partial charge in [0.1, 0.15) is 5.82 Å². The van der Waals surface area contributed by atoms with Crippen LogP contribution in [0.3, 0.4) is 0 Å². The lowest BCUT2D eigenvalue weighted by atomic mass is 9.95. The van der Waals surface area contributed by atoms with Crippen molar-refractivity contribution in [3.8, 4) is 0 Å². The van der Waals surface area contributed by atoms with Gasteiger partial charge in [0, 0.05) is 31.1 Å². The Labute approximate surface area is 154 Å². The maximum absolute atomic E-state index is 13.9. The quantitative estimate of drug-likeness (QED) is 0.638. The van der Waals surface area contributed by atoms with Crippen LogP contribution in [-0.4, -0.2) is 23.9 Å². The number of benzene rings is 2. The molecule has 0 spiro atoms. The molecule has 1 aliphatic heterocycles. The number of halogens is 2. The number of non-ortho nitro benzene ring substituents is 1. The van der Waals surface area contributed by atoms with Gasteiger partial charge in [-0.2, -0.15) is 0 Å². The summed E-state index contributed by atoms with van der Waals surface area (Å²) in [4.78, 5) is 24.7. The second kappa shape index (κ2) is 7.70. The molecule has 0 atom stereocenters. The Morgan fingerprint density at radius 3 is 2.58 bits per heavy atom. The molecule has 3 rings (SSSR count). The van der Waals surface area contributed by atoms with Gasteiger partial charge in [0.25, 0.3) is 5.69 Å². The molecule has 1 fully saturated rings. The van der Waals surface area contributed by atoms with E-state index in [0.29, 0.717) is 31.6 Å². The van der Waals surface area contributed by atoms with Crippen molar-refractivity contribution in [2.24, 2.45) is 5.92 Å². The Bertz CT molecular complexity index is 838. The van der Waals surface area contributed by atoms with Crippen molar-refractivity contribution in [3.05, 3.63) is 63.4 Å². The number of carbonyl (C=O) groups is 1. The Morgan fingerprint density at radius 1 is 1.23 bits per heavy atom. The van der Waals surface area contributed by atoms with Crippen LogP contribution in [0.15, 0.2) is 42.5 Å². The molecule has 0 radical (unpaired) electrons. The summed E-state index contributed by atoms with van der Waals surface area (Å²) in [5.74, 6) is -0.771. The van der Waals surface area contributed by atoms with Gasteiger partial charge >= 0.3 is 0 Å².